The molecule has 0 aliphatic rings. The van der Waals surface area contributed by atoms with Crippen molar-refractivity contribution in [2.45, 2.75) is 12.5 Å². The van der Waals surface area contributed by atoms with Gasteiger partial charge in [-0.1, -0.05) is 29.3 Å². The first-order valence-electron chi connectivity index (χ1n) is 5.24. The van der Waals surface area contributed by atoms with Crippen molar-refractivity contribution in [3.05, 3.63) is 54.6 Å². The Kier molecular flexibility index (Phi) is 5.06. The first kappa shape index (κ1) is 14.3. The molecular formula is C12H11BrCl2N2S. The van der Waals surface area contributed by atoms with Gasteiger partial charge >= 0.3 is 0 Å². The summed E-state index contributed by atoms with van der Waals surface area (Å²) < 4.78 is 1.08. The van der Waals surface area contributed by atoms with E-state index in [0.717, 1.165) is 16.5 Å². The van der Waals surface area contributed by atoms with E-state index in [-0.39, 0.29) is 6.04 Å². The fraction of sp³-hybridized carbons (Fsp3) is 0.167. The lowest BCUT2D eigenvalue weighted by molar-refractivity contribution is 0.556. The van der Waals surface area contributed by atoms with Gasteiger partial charge in [-0.3, -0.25) is 11.3 Å². The van der Waals surface area contributed by atoms with Crippen LogP contribution in [0.3, 0.4) is 0 Å². The number of benzene rings is 1. The highest BCUT2D eigenvalue weighted by atomic mass is 79.9. The highest BCUT2D eigenvalue weighted by Crippen LogP contribution is 2.30. The van der Waals surface area contributed by atoms with Crippen LogP contribution in [0.1, 0.15) is 16.5 Å². The standard InChI is InChI=1S/C12H11BrCl2N2S/c13-7-3-9(18-6-7)5-12(17-16)10-2-1-8(14)4-11(10)15/h1-4,6,12,17H,5,16H2. The third kappa shape index (κ3) is 3.47. The van der Waals surface area contributed by atoms with Crippen molar-refractivity contribution in [1.29, 1.82) is 0 Å². The predicted molar refractivity (Wildman–Crippen MR) is 82.2 cm³/mol. The summed E-state index contributed by atoms with van der Waals surface area (Å²) in [7, 11) is 0. The SMILES string of the molecule is NNC(Cc1cc(Br)cs1)c1ccc(Cl)cc1Cl. The van der Waals surface area contributed by atoms with Crippen molar-refractivity contribution in [2.24, 2.45) is 5.84 Å². The molecule has 2 nitrogen and oxygen atoms in total. The molecule has 2 rings (SSSR count). The number of halogens is 3. The van der Waals surface area contributed by atoms with Crippen LogP contribution in [-0.2, 0) is 6.42 Å². The second-order valence-electron chi connectivity index (χ2n) is 3.82. The Balaban J connectivity index is 2.22. The van der Waals surface area contributed by atoms with Crippen LogP contribution in [0.15, 0.2) is 34.1 Å². The zero-order valence-corrected chi connectivity index (χ0v) is 13.2. The highest BCUT2D eigenvalue weighted by molar-refractivity contribution is 9.10. The topological polar surface area (TPSA) is 38.0 Å². The van der Waals surface area contributed by atoms with Gasteiger partial charge in [0.1, 0.15) is 0 Å². The Morgan fingerprint density at radius 3 is 2.67 bits per heavy atom. The van der Waals surface area contributed by atoms with Gasteiger partial charge in [0.05, 0.1) is 6.04 Å². The summed E-state index contributed by atoms with van der Waals surface area (Å²) >= 11 is 17.2. The number of hydrazine groups is 1. The summed E-state index contributed by atoms with van der Waals surface area (Å²) in [6.07, 6.45) is 0.786. The minimum atomic E-state index is -0.0275. The minimum Gasteiger partial charge on any atom is -0.271 e. The van der Waals surface area contributed by atoms with Gasteiger partial charge in [-0.05, 0) is 39.7 Å². The summed E-state index contributed by atoms with van der Waals surface area (Å²) in [5.74, 6) is 5.62. The van der Waals surface area contributed by atoms with Crippen molar-refractivity contribution in [3.63, 3.8) is 0 Å². The highest BCUT2D eigenvalue weighted by Gasteiger charge is 2.15. The second kappa shape index (κ2) is 6.37. The van der Waals surface area contributed by atoms with E-state index in [0.29, 0.717) is 10.0 Å². The van der Waals surface area contributed by atoms with Crippen LogP contribution in [-0.4, -0.2) is 0 Å². The van der Waals surface area contributed by atoms with Crippen LogP contribution in [0.2, 0.25) is 10.0 Å². The molecule has 0 bridgehead atoms. The average molecular weight is 366 g/mol. The van der Waals surface area contributed by atoms with E-state index in [1.807, 2.05) is 17.5 Å². The molecule has 1 heterocycles. The van der Waals surface area contributed by atoms with Crippen LogP contribution >= 0.6 is 50.5 Å². The van der Waals surface area contributed by atoms with E-state index in [9.17, 15) is 0 Å². The molecule has 0 saturated heterocycles. The zero-order valence-electron chi connectivity index (χ0n) is 9.29. The molecule has 0 saturated carbocycles. The Morgan fingerprint density at radius 1 is 1.33 bits per heavy atom. The quantitative estimate of drug-likeness (QED) is 0.615. The van der Waals surface area contributed by atoms with Crippen LogP contribution in [0.5, 0.6) is 0 Å². The smallest absolute Gasteiger partial charge is 0.0522 e. The third-order valence-corrected chi connectivity index (χ3v) is 4.85. The van der Waals surface area contributed by atoms with Crippen molar-refractivity contribution in [1.82, 2.24) is 5.43 Å². The van der Waals surface area contributed by atoms with E-state index >= 15 is 0 Å². The van der Waals surface area contributed by atoms with Crippen molar-refractivity contribution >= 4 is 50.5 Å². The van der Waals surface area contributed by atoms with Crippen LogP contribution in [0, 0.1) is 0 Å². The Hall–Kier alpha value is -0.100. The van der Waals surface area contributed by atoms with Crippen molar-refractivity contribution in [3.8, 4) is 0 Å². The predicted octanol–water partition coefficient (Wildman–Crippen LogP) is 4.56. The first-order valence-corrected chi connectivity index (χ1v) is 7.67. The fourth-order valence-electron chi connectivity index (χ4n) is 1.70. The molecule has 0 aliphatic heterocycles. The molecule has 18 heavy (non-hydrogen) atoms. The number of hydrogen-bond acceptors (Lipinski definition) is 3. The molecule has 0 spiro atoms. The fourth-order valence-corrected chi connectivity index (χ4v) is 3.74. The van der Waals surface area contributed by atoms with Crippen LogP contribution in [0.4, 0.5) is 0 Å². The van der Waals surface area contributed by atoms with Gasteiger partial charge in [0.15, 0.2) is 0 Å². The van der Waals surface area contributed by atoms with Crippen LogP contribution < -0.4 is 11.3 Å². The first-order chi connectivity index (χ1) is 8.60. The van der Waals surface area contributed by atoms with Gasteiger partial charge in [-0.25, -0.2) is 0 Å². The van der Waals surface area contributed by atoms with Gasteiger partial charge < -0.3 is 0 Å². The van der Waals surface area contributed by atoms with Gasteiger partial charge in [0.25, 0.3) is 0 Å². The van der Waals surface area contributed by atoms with Gasteiger partial charge in [-0.2, -0.15) is 0 Å². The maximum atomic E-state index is 6.19. The lowest BCUT2D eigenvalue weighted by Crippen LogP contribution is -2.29. The summed E-state index contributed by atoms with van der Waals surface area (Å²) in [6, 6.07) is 7.50. The third-order valence-electron chi connectivity index (χ3n) is 2.57. The van der Waals surface area contributed by atoms with E-state index in [1.54, 1.807) is 17.4 Å². The number of rotatable bonds is 4. The number of hydrogen-bond donors (Lipinski definition) is 2. The Labute approximate surface area is 128 Å². The zero-order chi connectivity index (χ0) is 13.1. The summed E-state index contributed by atoms with van der Waals surface area (Å²) in [5.41, 5.74) is 3.75. The molecule has 1 aromatic heterocycles. The number of thiophene rings is 1. The van der Waals surface area contributed by atoms with E-state index < -0.39 is 0 Å². The monoisotopic (exact) mass is 364 g/mol. The Morgan fingerprint density at radius 2 is 2.11 bits per heavy atom. The summed E-state index contributed by atoms with van der Waals surface area (Å²) in [4.78, 5) is 1.23. The van der Waals surface area contributed by atoms with Gasteiger partial charge in [0, 0.05) is 31.2 Å². The molecule has 0 radical (unpaired) electrons. The molecule has 0 fully saturated rings. The lowest BCUT2D eigenvalue weighted by atomic mass is 10.0. The van der Waals surface area contributed by atoms with E-state index in [2.05, 4.69) is 27.4 Å². The van der Waals surface area contributed by atoms with Gasteiger partial charge in [0.2, 0.25) is 0 Å². The summed E-state index contributed by atoms with van der Waals surface area (Å²) in [6.45, 7) is 0. The average Bonchev–Trinajstić information content (AvgIpc) is 2.72. The molecule has 0 amide bonds. The van der Waals surface area contributed by atoms with Gasteiger partial charge in [-0.15, -0.1) is 11.3 Å². The molecule has 2 aromatic rings. The van der Waals surface area contributed by atoms with Crippen molar-refractivity contribution in [2.75, 3.05) is 0 Å². The lowest BCUT2D eigenvalue weighted by Gasteiger charge is -2.17. The molecule has 96 valence electrons. The maximum absolute atomic E-state index is 6.19. The number of nitrogens with two attached hydrogens (primary N) is 1. The maximum Gasteiger partial charge on any atom is 0.0522 e. The minimum absolute atomic E-state index is 0.0275. The molecule has 1 atom stereocenters. The molecule has 0 aliphatic carbocycles. The number of nitrogens with one attached hydrogen (secondary N) is 1. The second-order valence-corrected chi connectivity index (χ2v) is 6.58. The van der Waals surface area contributed by atoms with Crippen molar-refractivity contribution < 1.29 is 0 Å². The van der Waals surface area contributed by atoms with E-state index in [1.165, 1.54) is 4.88 Å². The molecule has 1 unspecified atom stereocenters. The molecule has 6 heteroatoms. The summed E-state index contributed by atoms with van der Waals surface area (Å²) in [5, 5.41) is 3.30. The Bertz CT molecular complexity index is 545. The molecule has 3 N–H and O–H groups in total. The van der Waals surface area contributed by atoms with E-state index in [4.69, 9.17) is 29.0 Å². The normalized spacial score (nSPS) is 12.7. The molecule has 1 aromatic carbocycles. The molecular weight excluding hydrogens is 355 g/mol. The van der Waals surface area contributed by atoms with Crippen LogP contribution in [0.25, 0.3) is 0 Å². The largest absolute Gasteiger partial charge is 0.271 e.